The van der Waals surface area contributed by atoms with Crippen LogP contribution in [0.2, 0.25) is 0 Å². The van der Waals surface area contributed by atoms with Crippen molar-refractivity contribution in [2.45, 2.75) is 26.9 Å². The van der Waals surface area contributed by atoms with E-state index < -0.39 is 0 Å². The fourth-order valence-electron chi connectivity index (χ4n) is 3.02. The molecule has 0 unspecified atom stereocenters. The minimum atomic E-state index is 0.649. The van der Waals surface area contributed by atoms with Crippen LogP contribution in [0.3, 0.4) is 0 Å². The monoisotopic (exact) mass is 391 g/mol. The first kappa shape index (κ1) is 19.8. The number of pyridine rings is 1. The van der Waals surface area contributed by atoms with Crippen LogP contribution in [0.15, 0.2) is 67.0 Å². The van der Waals surface area contributed by atoms with E-state index in [0.29, 0.717) is 18.2 Å². The van der Waals surface area contributed by atoms with Gasteiger partial charge >= 0.3 is 0 Å². The zero-order valence-corrected chi connectivity index (χ0v) is 17.3. The first-order valence-electron chi connectivity index (χ1n) is 9.21. The Balaban J connectivity index is 1.86. The Bertz CT molecular complexity index is 944. The van der Waals surface area contributed by atoms with Crippen LogP contribution in [0.4, 0.5) is 5.69 Å². The summed E-state index contributed by atoms with van der Waals surface area (Å²) >= 11 is 5.79. The standard InChI is InChI=1S/C23H25N3OS/c1-17-10-11-22(27-3)21(13-17)25-23(28)26(15-19-8-6-12-24-14-19)16-20-9-5-4-7-18(20)2/h4-14H,15-16H2,1-3H3,(H,25,28). The van der Waals surface area contributed by atoms with Gasteiger partial charge in [0.25, 0.3) is 0 Å². The molecule has 0 aliphatic heterocycles. The highest BCUT2D eigenvalue weighted by molar-refractivity contribution is 7.80. The maximum Gasteiger partial charge on any atom is 0.174 e. The number of nitrogens with zero attached hydrogens (tertiary/aromatic N) is 2. The summed E-state index contributed by atoms with van der Waals surface area (Å²) in [6.07, 6.45) is 3.66. The van der Waals surface area contributed by atoms with E-state index >= 15 is 0 Å². The van der Waals surface area contributed by atoms with Crippen LogP contribution < -0.4 is 10.1 Å². The van der Waals surface area contributed by atoms with Crippen molar-refractivity contribution in [1.29, 1.82) is 0 Å². The van der Waals surface area contributed by atoms with Gasteiger partial charge in [-0.25, -0.2) is 0 Å². The Morgan fingerprint density at radius 2 is 1.89 bits per heavy atom. The quantitative estimate of drug-likeness (QED) is 0.591. The van der Waals surface area contributed by atoms with Gasteiger partial charge in [-0.15, -0.1) is 0 Å². The van der Waals surface area contributed by atoms with E-state index in [4.69, 9.17) is 17.0 Å². The summed E-state index contributed by atoms with van der Waals surface area (Å²) in [5.41, 5.74) is 5.61. The summed E-state index contributed by atoms with van der Waals surface area (Å²) in [6.45, 7) is 5.55. The largest absolute Gasteiger partial charge is 0.495 e. The van der Waals surface area contributed by atoms with Crippen molar-refractivity contribution in [1.82, 2.24) is 9.88 Å². The molecule has 0 saturated heterocycles. The average Bonchev–Trinajstić information content (AvgIpc) is 2.70. The topological polar surface area (TPSA) is 37.4 Å². The van der Waals surface area contributed by atoms with Gasteiger partial charge in [-0.2, -0.15) is 0 Å². The number of nitrogens with one attached hydrogen (secondary N) is 1. The summed E-state index contributed by atoms with van der Waals surface area (Å²) in [5, 5.41) is 4.02. The Labute approximate surface area is 172 Å². The van der Waals surface area contributed by atoms with E-state index in [1.54, 1.807) is 13.3 Å². The average molecular weight is 392 g/mol. The number of thiocarbonyl (C=S) groups is 1. The van der Waals surface area contributed by atoms with Crippen molar-refractivity contribution in [3.8, 4) is 5.75 Å². The fourth-order valence-corrected chi connectivity index (χ4v) is 3.26. The van der Waals surface area contributed by atoms with Gasteiger partial charge in [0.15, 0.2) is 5.11 Å². The van der Waals surface area contributed by atoms with E-state index in [1.807, 2.05) is 30.5 Å². The molecule has 2 aromatic carbocycles. The number of aromatic nitrogens is 1. The SMILES string of the molecule is COc1ccc(C)cc1NC(=S)N(Cc1cccnc1)Cc1ccccc1C. The molecule has 0 aliphatic carbocycles. The normalized spacial score (nSPS) is 10.4. The summed E-state index contributed by atoms with van der Waals surface area (Å²) in [7, 11) is 1.67. The van der Waals surface area contributed by atoms with Crippen LogP contribution in [0.5, 0.6) is 5.75 Å². The van der Waals surface area contributed by atoms with Gasteiger partial charge in [0, 0.05) is 25.5 Å². The van der Waals surface area contributed by atoms with Gasteiger partial charge in [0.2, 0.25) is 0 Å². The van der Waals surface area contributed by atoms with Crippen LogP contribution in [-0.4, -0.2) is 22.1 Å². The first-order valence-corrected chi connectivity index (χ1v) is 9.61. The van der Waals surface area contributed by atoms with Crippen LogP contribution >= 0.6 is 12.2 Å². The van der Waals surface area contributed by atoms with Gasteiger partial charge in [0.05, 0.1) is 12.8 Å². The molecule has 3 aromatic rings. The van der Waals surface area contributed by atoms with Crippen molar-refractivity contribution in [3.05, 3.63) is 89.2 Å². The van der Waals surface area contributed by atoms with E-state index in [-0.39, 0.29) is 0 Å². The Morgan fingerprint density at radius 3 is 2.61 bits per heavy atom. The summed E-state index contributed by atoms with van der Waals surface area (Å²) in [6, 6.07) is 18.4. The Hall–Kier alpha value is -2.92. The molecule has 0 saturated carbocycles. The number of methoxy groups -OCH3 is 1. The molecule has 0 fully saturated rings. The van der Waals surface area contributed by atoms with Crippen molar-refractivity contribution in [3.63, 3.8) is 0 Å². The minimum Gasteiger partial charge on any atom is -0.495 e. The van der Waals surface area contributed by atoms with Crippen LogP contribution in [0.25, 0.3) is 0 Å². The maximum absolute atomic E-state index is 5.79. The van der Waals surface area contributed by atoms with Gasteiger partial charge in [-0.1, -0.05) is 36.4 Å². The minimum absolute atomic E-state index is 0.649. The molecule has 1 N–H and O–H groups in total. The highest BCUT2D eigenvalue weighted by Crippen LogP contribution is 2.26. The smallest absolute Gasteiger partial charge is 0.174 e. The molecule has 4 nitrogen and oxygen atoms in total. The molecule has 0 amide bonds. The second kappa shape index (κ2) is 9.33. The van der Waals surface area contributed by atoms with Crippen molar-refractivity contribution >= 4 is 23.0 Å². The number of aryl methyl sites for hydroxylation is 2. The molecule has 144 valence electrons. The molecule has 1 heterocycles. The van der Waals surface area contributed by atoms with E-state index in [9.17, 15) is 0 Å². The molecule has 0 bridgehead atoms. The zero-order valence-electron chi connectivity index (χ0n) is 16.5. The Kier molecular flexibility index (Phi) is 6.61. The maximum atomic E-state index is 5.79. The molecule has 0 atom stereocenters. The molecule has 1 aromatic heterocycles. The lowest BCUT2D eigenvalue weighted by atomic mass is 10.1. The van der Waals surface area contributed by atoms with Gasteiger partial charge in [0.1, 0.15) is 5.75 Å². The molecule has 0 spiro atoms. The summed E-state index contributed by atoms with van der Waals surface area (Å²) in [4.78, 5) is 6.38. The van der Waals surface area contributed by atoms with Crippen molar-refractivity contribution in [2.24, 2.45) is 0 Å². The number of hydrogen-bond acceptors (Lipinski definition) is 3. The number of ether oxygens (including phenoxy) is 1. The number of hydrogen-bond donors (Lipinski definition) is 1. The second-order valence-corrected chi connectivity index (χ2v) is 7.16. The van der Waals surface area contributed by atoms with Gasteiger partial charge < -0.3 is 15.0 Å². The third-order valence-electron chi connectivity index (χ3n) is 4.60. The predicted molar refractivity (Wildman–Crippen MR) is 119 cm³/mol. The van der Waals surface area contributed by atoms with E-state index in [2.05, 4.69) is 59.4 Å². The molecule has 5 heteroatoms. The van der Waals surface area contributed by atoms with Crippen LogP contribution in [-0.2, 0) is 13.1 Å². The lowest BCUT2D eigenvalue weighted by Crippen LogP contribution is -2.34. The number of rotatable bonds is 6. The van der Waals surface area contributed by atoms with E-state index in [0.717, 1.165) is 22.6 Å². The third kappa shape index (κ3) is 5.08. The molecule has 0 radical (unpaired) electrons. The van der Waals surface area contributed by atoms with Gasteiger partial charge in [-0.3, -0.25) is 4.98 Å². The second-order valence-electron chi connectivity index (χ2n) is 6.78. The zero-order chi connectivity index (χ0) is 19.9. The highest BCUT2D eigenvalue weighted by Gasteiger charge is 2.15. The number of benzene rings is 2. The predicted octanol–water partition coefficient (Wildman–Crippen LogP) is 5.11. The van der Waals surface area contributed by atoms with Crippen LogP contribution in [0.1, 0.15) is 22.3 Å². The Morgan fingerprint density at radius 1 is 1.07 bits per heavy atom. The van der Waals surface area contributed by atoms with Crippen LogP contribution in [0, 0.1) is 13.8 Å². The van der Waals surface area contributed by atoms with Crippen molar-refractivity contribution in [2.75, 3.05) is 12.4 Å². The molecule has 28 heavy (non-hydrogen) atoms. The molecular weight excluding hydrogens is 366 g/mol. The lowest BCUT2D eigenvalue weighted by molar-refractivity contribution is 0.408. The highest BCUT2D eigenvalue weighted by atomic mass is 32.1. The van der Waals surface area contributed by atoms with E-state index in [1.165, 1.54) is 11.1 Å². The number of anilines is 1. The summed E-state index contributed by atoms with van der Waals surface area (Å²) < 4.78 is 5.49. The van der Waals surface area contributed by atoms with Gasteiger partial charge in [-0.05, 0) is 66.5 Å². The molecule has 3 rings (SSSR count). The first-order chi connectivity index (χ1) is 13.6. The summed E-state index contributed by atoms with van der Waals surface area (Å²) in [5.74, 6) is 0.769. The lowest BCUT2D eigenvalue weighted by Gasteiger charge is -2.27. The third-order valence-corrected chi connectivity index (χ3v) is 4.96. The molecule has 0 aliphatic rings. The fraction of sp³-hybridized carbons (Fsp3) is 0.217. The van der Waals surface area contributed by atoms with Crippen molar-refractivity contribution < 1.29 is 4.74 Å². The molecular formula is C23H25N3OS.